The predicted octanol–water partition coefficient (Wildman–Crippen LogP) is 2.85. The molecular weight excluding hydrogens is 231 g/mol. The van der Waals surface area contributed by atoms with Crippen molar-refractivity contribution in [2.24, 2.45) is 7.05 Å². The monoisotopic (exact) mass is 248 g/mol. The Balaban J connectivity index is 2.34. The fraction of sp³-hybridized carbons (Fsp3) is 0.385. The number of halogens is 1. The van der Waals surface area contributed by atoms with Crippen molar-refractivity contribution in [3.63, 3.8) is 0 Å². The molecule has 0 fully saturated rings. The first-order chi connectivity index (χ1) is 8.50. The lowest BCUT2D eigenvalue weighted by molar-refractivity contribution is 0.628. The molecule has 18 heavy (non-hydrogen) atoms. The fourth-order valence-electron chi connectivity index (χ4n) is 1.91. The van der Waals surface area contributed by atoms with E-state index in [2.05, 4.69) is 24.0 Å². The Bertz CT molecular complexity index is 530. The summed E-state index contributed by atoms with van der Waals surface area (Å²) in [5, 5.41) is 8.36. The minimum absolute atomic E-state index is 0.243. The van der Waals surface area contributed by atoms with Crippen LogP contribution in [0.3, 0.4) is 0 Å². The molecule has 1 aromatic carbocycles. The second-order valence-electron chi connectivity index (χ2n) is 4.61. The summed E-state index contributed by atoms with van der Waals surface area (Å²) in [6.45, 7) is 4.15. The summed E-state index contributed by atoms with van der Waals surface area (Å²) in [7, 11) is 3.83. The lowest BCUT2D eigenvalue weighted by atomic mass is 10.2. The van der Waals surface area contributed by atoms with Crippen LogP contribution in [0, 0.1) is 5.82 Å². The molecule has 0 aliphatic heterocycles. The van der Waals surface area contributed by atoms with Crippen molar-refractivity contribution in [2.75, 3.05) is 11.9 Å². The molecule has 0 spiro atoms. The van der Waals surface area contributed by atoms with Gasteiger partial charge in [0.1, 0.15) is 11.6 Å². The second-order valence-corrected chi connectivity index (χ2v) is 4.61. The van der Waals surface area contributed by atoms with E-state index < -0.39 is 0 Å². The third kappa shape index (κ3) is 2.20. The maximum atomic E-state index is 12.9. The summed E-state index contributed by atoms with van der Waals surface area (Å²) in [5.74, 6) is 1.75. The highest BCUT2D eigenvalue weighted by Crippen LogP contribution is 2.23. The summed E-state index contributed by atoms with van der Waals surface area (Å²) in [6, 6.07) is 6.31. The van der Waals surface area contributed by atoms with Crippen molar-refractivity contribution in [3.05, 3.63) is 35.9 Å². The zero-order chi connectivity index (χ0) is 13.3. The van der Waals surface area contributed by atoms with Gasteiger partial charge in [-0.3, -0.25) is 4.57 Å². The van der Waals surface area contributed by atoms with Crippen LogP contribution in [0.15, 0.2) is 24.3 Å². The standard InChI is InChI=1S/C13H17FN4/c1-9(2)12-15-16-13(18(12)4)17(3)11-7-5-10(14)6-8-11/h5-9H,1-4H3. The summed E-state index contributed by atoms with van der Waals surface area (Å²) >= 11 is 0. The molecule has 1 heterocycles. The van der Waals surface area contributed by atoms with Crippen molar-refractivity contribution in [2.45, 2.75) is 19.8 Å². The lowest BCUT2D eigenvalue weighted by Crippen LogP contribution is -2.15. The van der Waals surface area contributed by atoms with Crippen LogP contribution in [-0.2, 0) is 7.05 Å². The van der Waals surface area contributed by atoms with Gasteiger partial charge in [-0.25, -0.2) is 4.39 Å². The average molecular weight is 248 g/mol. The smallest absolute Gasteiger partial charge is 0.231 e. The van der Waals surface area contributed by atoms with Gasteiger partial charge in [0.25, 0.3) is 0 Å². The number of benzene rings is 1. The maximum absolute atomic E-state index is 12.9. The minimum atomic E-state index is -0.243. The van der Waals surface area contributed by atoms with Crippen LogP contribution in [0.2, 0.25) is 0 Å². The Hall–Kier alpha value is -1.91. The van der Waals surface area contributed by atoms with Gasteiger partial charge in [0.15, 0.2) is 0 Å². The topological polar surface area (TPSA) is 34.0 Å². The number of aromatic nitrogens is 3. The van der Waals surface area contributed by atoms with Crippen LogP contribution in [0.1, 0.15) is 25.6 Å². The fourth-order valence-corrected chi connectivity index (χ4v) is 1.91. The Kier molecular flexibility index (Phi) is 3.32. The highest BCUT2D eigenvalue weighted by molar-refractivity contribution is 5.56. The van der Waals surface area contributed by atoms with Crippen molar-refractivity contribution in [3.8, 4) is 0 Å². The molecule has 5 heteroatoms. The Morgan fingerprint density at radius 3 is 2.28 bits per heavy atom. The SMILES string of the molecule is CC(C)c1nnc(N(C)c2ccc(F)cc2)n1C. The van der Waals surface area contributed by atoms with Crippen LogP contribution in [0.4, 0.5) is 16.0 Å². The Labute approximate surface area is 106 Å². The zero-order valence-electron chi connectivity index (χ0n) is 11.1. The van der Waals surface area contributed by atoms with Crippen LogP contribution < -0.4 is 4.90 Å². The average Bonchev–Trinajstić information content (AvgIpc) is 2.71. The number of rotatable bonds is 3. The van der Waals surface area contributed by atoms with Gasteiger partial charge in [-0.05, 0) is 24.3 Å². The van der Waals surface area contributed by atoms with Crippen molar-refractivity contribution >= 4 is 11.6 Å². The van der Waals surface area contributed by atoms with Crippen molar-refractivity contribution in [1.29, 1.82) is 0 Å². The third-order valence-electron chi connectivity index (χ3n) is 2.92. The van der Waals surface area contributed by atoms with E-state index in [0.29, 0.717) is 5.92 Å². The maximum Gasteiger partial charge on any atom is 0.231 e. The molecule has 1 aromatic heterocycles. The molecule has 0 saturated carbocycles. The van der Waals surface area contributed by atoms with Gasteiger partial charge < -0.3 is 4.90 Å². The second kappa shape index (κ2) is 4.76. The van der Waals surface area contributed by atoms with E-state index in [1.54, 1.807) is 12.1 Å². The molecule has 96 valence electrons. The predicted molar refractivity (Wildman–Crippen MR) is 69.6 cm³/mol. The molecule has 0 amide bonds. The van der Waals surface area contributed by atoms with E-state index in [9.17, 15) is 4.39 Å². The van der Waals surface area contributed by atoms with E-state index in [4.69, 9.17) is 0 Å². The van der Waals surface area contributed by atoms with Crippen molar-refractivity contribution < 1.29 is 4.39 Å². The Morgan fingerprint density at radius 2 is 1.78 bits per heavy atom. The summed E-state index contributed by atoms with van der Waals surface area (Å²) in [4.78, 5) is 1.89. The molecule has 0 bridgehead atoms. The van der Waals surface area contributed by atoms with Gasteiger partial charge >= 0.3 is 0 Å². The number of anilines is 2. The molecule has 0 atom stereocenters. The molecular formula is C13H17FN4. The van der Waals surface area contributed by atoms with Gasteiger partial charge in [-0.1, -0.05) is 13.8 Å². The van der Waals surface area contributed by atoms with Gasteiger partial charge in [0.05, 0.1) is 0 Å². The van der Waals surface area contributed by atoms with Gasteiger partial charge in [0.2, 0.25) is 5.95 Å². The first kappa shape index (κ1) is 12.5. The largest absolute Gasteiger partial charge is 0.314 e. The third-order valence-corrected chi connectivity index (χ3v) is 2.92. The first-order valence-electron chi connectivity index (χ1n) is 5.89. The molecule has 0 N–H and O–H groups in total. The van der Waals surface area contributed by atoms with Crippen LogP contribution in [0.5, 0.6) is 0 Å². The van der Waals surface area contributed by atoms with E-state index in [0.717, 1.165) is 17.5 Å². The minimum Gasteiger partial charge on any atom is -0.314 e. The van der Waals surface area contributed by atoms with E-state index in [1.807, 2.05) is 23.6 Å². The van der Waals surface area contributed by atoms with Crippen LogP contribution in [0.25, 0.3) is 0 Å². The molecule has 0 saturated heterocycles. The Morgan fingerprint density at radius 1 is 1.17 bits per heavy atom. The quantitative estimate of drug-likeness (QED) is 0.837. The molecule has 0 unspecified atom stereocenters. The van der Waals surface area contributed by atoms with E-state index >= 15 is 0 Å². The molecule has 4 nitrogen and oxygen atoms in total. The van der Waals surface area contributed by atoms with E-state index in [-0.39, 0.29) is 5.82 Å². The molecule has 2 rings (SSSR count). The number of hydrogen-bond donors (Lipinski definition) is 0. The first-order valence-corrected chi connectivity index (χ1v) is 5.89. The van der Waals surface area contributed by atoms with Gasteiger partial charge in [-0.2, -0.15) is 0 Å². The summed E-state index contributed by atoms with van der Waals surface area (Å²) in [6.07, 6.45) is 0. The highest BCUT2D eigenvalue weighted by atomic mass is 19.1. The number of nitrogens with zero attached hydrogens (tertiary/aromatic N) is 4. The van der Waals surface area contributed by atoms with Crippen molar-refractivity contribution in [1.82, 2.24) is 14.8 Å². The molecule has 0 aliphatic rings. The van der Waals surface area contributed by atoms with Gasteiger partial charge in [0, 0.05) is 25.7 Å². The normalized spacial score (nSPS) is 11.0. The number of hydrogen-bond acceptors (Lipinski definition) is 3. The van der Waals surface area contributed by atoms with E-state index in [1.165, 1.54) is 12.1 Å². The summed E-state index contributed by atoms with van der Waals surface area (Å²) in [5.41, 5.74) is 0.877. The highest BCUT2D eigenvalue weighted by Gasteiger charge is 2.15. The molecule has 0 aliphatic carbocycles. The van der Waals surface area contributed by atoms with Crippen LogP contribution in [-0.4, -0.2) is 21.8 Å². The van der Waals surface area contributed by atoms with Crippen LogP contribution >= 0.6 is 0 Å². The summed E-state index contributed by atoms with van der Waals surface area (Å²) < 4.78 is 14.8. The zero-order valence-corrected chi connectivity index (χ0v) is 11.1. The lowest BCUT2D eigenvalue weighted by Gasteiger charge is -2.18. The van der Waals surface area contributed by atoms with Gasteiger partial charge in [-0.15, -0.1) is 10.2 Å². The molecule has 0 radical (unpaired) electrons. The molecule has 2 aromatic rings.